The van der Waals surface area contributed by atoms with Gasteiger partial charge in [-0.2, -0.15) is 0 Å². The summed E-state index contributed by atoms with van der Waals surface area (Å²) in [5.41, 5.74) is 0. The maximum atomic E-state index is 10.1. The molecule has 0 aromatic rings. The molecule has 0 fully saturated rings. The monoisotopic (exact) mass is 313 g/mol. The average Bonchev–Trinajstić information content (AvgIpc) is 2.51. The quantitative estimate of drug-likeness (QED) is 0.174. The van der Waals surface area contributed by atoms with Crippen LogP contribution in [0.4, 0.5) is 0 Å². The minimum absolute atomic E-state index is 0.495. The zero-order valence-electron chi connectivity index (χ0n) is 14.9. The van der Waals surface area contributed by atoms with Gasteiger partial charge in [-0.3, -0.25) is 0 Å². The molecule has 0 aliphatic rings. The van der Waals surface area contributed by atoms with Crippen LogP contribution in [0.5, 0.6) is 0 Å². The zero-order chi connectivity index (χ0) is 16.5. The Labute approximate surface area is 136 Å². The summed E-state index contributed by atoms with van der Waals surface area (Å²) in [4.78, 5) is 13.8. The van der Waals surface area contributed by atoms with Crippen LogP contribution in [0.25, 0.3) is 0 Å². The van der Waals surface area contributed by atoms with E-state index in [1.807, 2.05) is 13.8 Å². The number of nitrogens with zero attached hydrogens (tertiary/aromatic N) is 1. The number of aliphatic imine (C=N–C) groups is 1. The van der Waals surface area contributed by atoms with Crippen LogP contribution in [0.2, 0.25) is 0 Å². The molecule has 0 amide bonds. The van der Waals surface area contributed by atoms with Crippen molar-refractivity contribution in [1.82, 2.24) is 0 Å². The highest BCUT2D eigenvalue weighted by molar-refractivity contribution is 5.32. The maximum absolute atomic E-state index is 10.1. The first-order valence-electron chi connectivity index (χ1n) is 9.06. The van der Waals surface area contributed by atoms with Crippen LogP contribution in [0.15, 0.2) is 4.99 Å². The van der Waals surface area contributed by atoms with Gasteiger partial charge in [0.05, 0.1) is 6.54 Å². The van der Waals surface area contributed by atoms with E-state index >= 15 is 0 Å². The largest absolute Gasteiger partial charge is 0.350 e. The predicted octanol–water partition coefficient (Wildman–Crippen LogP) is 5.01. The summed E-state index contributed by atoms with van der Waals surface area (Å²) in [7, 11) is 0. The maximum Gasteiger partial charge on any atom is 0.234 e. The molecule has 0 aromatic carbocycles. The molecule has 22 heavy (non-hydrogen) atoms. The third kappa shape index (κ3) is 10.9. The van der Waals surface area contributed by atoms with Gasteiger partial charge in [-0.1, -0.05) is 45.4 Å². The fraction of sp³-hybridized carbons (Fsp3) is 0.944. The molecule has 0 aromatic heterocycles. The summed E-state index contributed by atoms with van der Waals surface area (Å²) in [5, 5.41) is 0. The first kappa shape index (κ1) is 21.3. The second kappa shape index (κ2) is 15.2. The fourth-order valence-electron chi connectivity index (χ4n) is 2.81. The minimum Gasteiger partial charge on any atom is -0.350 e. The minimum atomic E-state index is -0.495. The molecule has 0 aliphatic heterocycles. The summed E-state index contributed by atoms with van der Waals surface area (Å²) in [6.07, 6.45) is 13.1. The SMILES string of the molecule is CCCCCCCCCC(CCCN=C=O)(OCC)OCC. The van der Waals surface area contributed by atoms with Crippen molar-refractivity contribution in [1.29, 1.82) is 0 Å². The van der Waals surface area contributed by atoms with Gasteiger partial charge < -0.3 is 9.47 Å². The molecule has 0 saturated carbocycles. The third-order valence-corrected chi connectivity index (χ3v) is 3.87. The topological polar surface area (TPSA) is 47.9 Å². The molecule has 0 N–H and O–H groups in total. The first-order chi connectivity index (χ1) is 10.7. The van der Waals surface area contributed by atoms with Crippen LogP contribution in [0.1, 0.15) is 85.0 Å². The Kier molecular flexibility index (Phi) is 14.7. The van der Waals surface area contributed by atoms with Gasteiger partial charge in [0.25, 0.3) is 0 Å². The first-order valence-corrected chi connectivity index (χ1v) is 9.06. The van der Waals surface area contributed by atoms with Crippen LogP contribution in [0.3, 0.4) is 0 Å². The van der Waals surface area contributed by atoms with E-state index in [1.54, 1.807) is 6.08 Å². The molecular formula is C18H35NO3. The molecule has 0 aliphatic carbocycles. The molecule has 0 rings (SSSR count). The van der Waals surface area contributed by atoms with Gasteiger partial charge in [-0.25, -0.2) is 9.79 Å². The van der Waals surface area contributed by atoms with E-state index in [4.69, 9.17) is 9.47 Å². The lowest BCUT2D eigenvalue weighted by molar-refractivity contribution is -0.241. The molecular weight excluding hydrogens is 278 g/mol. The molecule has 0 bridgehead atoms. The highest BCUT2D eigenvalue weighted by Gasteiger charge is 2.30. The van der Waals surface area contributed by atoms with Gasteiger partial charge in [-0.05, 0) is 26.7 Å². The van der Waals surface area contributed by atoms with Crippen molar-refractivity contribution in [3.63, 3.8) is 0 Å². The summed E-state index contributed by atoms with van der Waals surface area (Å²) in [6, 6.07) is 0. The summed E-state index contributed by atoms with van der Waals surface area (Å²) >= 11 is 0. The van der Waals surface area contributed by atoms with Gasteiger partial charge in [-0.15, -0.1) is 0 Å². The Morgan fingerprint density at radius 3 is 1.91 bits per heavy atom. The van der Waals surface area contributed by atoms with Crippen molar-refractivity contribution in [2.75, 3.05) is 19.8 Å². The van der Waals surface area contributed by atoms with Crippen LogP contribution in [0, 0.1) is 0 Å². The van der Waals surface area contributed by atoms with Crippen molar-refractivity contribution < 1.29 is 14.3 Å². The molecule has 130 valence electrons. The second-order valence-corrected chi connectivity index (χ2v) is 5.72. The van der Waals surface area contributed by atoms with E-state index in [2.05, 4.69) is 11.9 Å². The van der Waals surface area contributed by atoms with Crippen LogP contribution < -0.4 is 0 Å². The van der Waals surface area contributed by atoms with E-state index in [0.717, 1.165) is 25.7 Å². The van der Waals surface area contributed by atoms with E-state index in [9.17, 15) is 4.79 Å². The second-order valence-electron chi connectivity index (χ2n) is 5.72. The molecule has 0 spiro atoms. The van der Waals surface area contributed by atoms with Crippen molar-refractivity contribution in [3.05, 3.63) is 0 Å². The standard InChI is InChI=1S/C18H35NO3/c1-4-7-8-9-10-11-12-14-18(21-5-2,22-6-3)15-13-16-19-17-20/h4-16H2,1-3H3. The van der Waals surface area contributed by atoms with Crippen LogP contribution in [-0.2, 0) is 14.3 Å². The number of hydrogen-bond donors (Lipinski definition) is 0. The number of hydrogen-bond acceptors (Lipinski definition) is 4. The lowest BCUT2D eigenvalue weighted by Crippen LogP contribution is -2.36. The van der Waals surface area contributed by atoms with Gasteiger partial charge in [0.15, 0.2) is 5.79 Å². The Morgan fingerprint density at radius 1 is 0.818 bits per heavy atom. The molecule has 0 heterocycles. The summed E-state index contributed by atoms with van der Waals surface area (Å²) in [6.45, 7) is 8.04. The van der Waals surface area contributed by atoms with E-state index in [1.165, 1.54) is 38.5 Å². The number of unbranched alkanes of at least 4 members (excludes halogenated alkanes) is 6. The number of ether oxygens (including phenoxy) is 2. The predicted molar refractivity (Wildman–Crippen MR) is 90.8 cm³/mol. The molecule has 0 atom stereocenters. The van der Waals surface area contributed by atoms with Gasteiger partial charge in [0.2, 0.25) is 6.08 Å². The van der Waals surface area contributed by atoms with E-state index < -0.39 is 5.79 Å². The Balaban J connectivity index is 4.16. The van der Waals surface area contributed by atoms with Crippen molar-refractivity contribution >= 4 is 6.08 Å². The van der Waals surface area contributed by atoms with E-state index in [0.29, 0.717) is 19.8 Å². The number of isocyanates is 1. The smallest absolute Gasteiger partial charge is 0.234 e. The van der Waals surface area contributed by atoms with E-state index in [-0.39, 0.29) is 0 Å². The molecule has 0 unspecified atom stereocenters. The third-order valence-electron chi connectivity index (χ3n) is 3.87. The molecule has 0 saturated heterocycles. The number of carbonyl (C=O) groups excluding carboxylic acids is 1. The van der Waals surface area contributed by atoms with Crippen LogP contribution >= 0.6 is 0 Å². The molecule has 4 nitrogen and oxygen atoms in total. The average molecular weight is 313 g/mol. The van der Waals surface area contributed by atoms with Crippen molar-refractivity contribution in [2.24, 2.45) is 4.99 Å². The highest BCUT2D eigenvalue weighted by atomic mass is 16.7. The van der Waals surface area contributed by atoms with Gasteiger partial charge in [0, 0.05) is 26.1 Å². The van der Waals surface area contributed by atoms with Crippen molar-refractivity contribution in [2.45, 2.75) is 90.8 Å². The molecule has 0 radical (unpaired) electrons. The summed E-state index contributed by atoms with van der Waals surface area (Å²) in [5.74, 6) is -0.495. The van der Waals surface area contributed by atoms with Crippen molar-refractivity contribution in [3.8, 4) is 0 Å². The lowest BCUT2D eigenvalue weighted by Gasteiger charge is -2.33. The Morgan fingerprint density at radius 2 is 1.36 bits per heavy atom. The Hall–Kier alpha value is -0.700. The highest BCUT2D eigenvalue weighted by Crippen LogP contribution is 2.27. The van der Waals surface area contributed by atoms with Crippen LogP contribution in [-0.4, -0.2) is 31.6 Å². The normalized spacial score (nSPS) is 11.4. The lowest BCUT2D eigenvalue weighted by atomic mass is 10.0. The Bertz CT molecular complexity index is 282. The fourth-order valence-corrected chi connectivity index (χ4v) is 2.81. The van der Waals surface area contributed by atoms with Gasteiger partial charge >= 0.3 is 0 Å². The number of rotatable bonds is 16. The summed E-state index contributed by atoms with van der Waals surface area (Å²) < 4.78 is 11.9. The van der Waals surface area contributed by atoms with Gasteiger partial charge in [0.1, 0.15) is 0 Å². The zero-order valence-corrected chi connectivity index (χ0v) is 14.9. The molecule has 4 heteroatoms.